The van der Waals surface area contributed by atoms with Crippen molar-refractivity contribution < 1.29 is 27.9 Å². The molecular weight excluding hydrogens is 343 g/mol. The second kappa shape index (κ2) is 6.88. The molecular formula is C16H16F3NO3S. The summed E-state index contributed by atoms with van der Waals surface area (Å²) in [4.78, 5) is 24.5. The Morgan fingerprint density at radius 2 is 1.83 bits per heavy atom. The summed E-state index contributed by atoms with van der Waals surface area (Å²) in [7, 11) is 0. The summed E-state index contributed by atoms with van der Waals surface area (Å²) in [6.07, 6.45) is -3.94. The van der Waals surface area contributed by atoms with Crippen LogP contribution in [0.1, 0.15) is 24.0 Å². The van der Waals surface area contributed by atoms with Crippen LogP contribution in [0.4, 0.5) is 13.2 Å². The molecule has 0 aromatic heterocycles. The van der Waals surface area contributed by atoms with Crippen LogP contribution in [0.5, 0.6) is 0 Å². The van der Waals surface area contributed by atoms with Crippen LogP contribution in [0.2, 0.25) is 0 Å². The fourth-order valence-electron chi connectivity index (χ4n) is 2.59. The molecule has 4 nitrogen and oxygen atoms in total. The number of rotatable bonds is 3. The number of nitrogens with zero attached hydrogens (tertiary/aromatic N) is 1. The number of hydrogen-bond donors (Lipinski definition) is 2. The van der Waals surface area contributed by atoms with E-state index >= 15 is 0 Å². The van der Waals surface area contributed by atoms with Crippen molar-refractivity contribution in [1.29, 1.82) is 0 Å². The van der Waals surface area contributed by atoms with Crippen molar-refractivity contribution in [3.8, 4) is 0 Å². The number of hydrogen-bond acceptors (Lipinski definition) is 3. The maximum Gasteiger partial charge on any atom is 0.417 e. The molecule has 1 aromatic rings. The number of amides is 1. The normalized spacial score (nSPS) is 16.1. The summed E-state index contributed by atoms with van der Waals surface area (Å²) >= 11 is 3.79. The van der Waals surface area contributed by atoms with Crippen LogP contribution in [0, 0.1) is 5.92 Å². The zero-order valence-electron chi connectivity index (χ0n) is 12.6. The Bertz CT molecular complexity index is 680. The molecule has 8 heteroatoms. The maximum absolute atomic E-state index is 12.9. The third-order valence-electron chi connectivity index (χ3n) is 4.04. The van der Waals surface area contributed by atoms with Crippen LogP contribution < -0.4 is 0 Å². The van der Waals surface area contributed by atoms with E-state index in [0.29, 0.717) is 12.8 Å². The predicted molar refractivity (Wildman–Crippen MR) is 84.7 cm³/mol. The number of aliphatic carboxylic acids is 1. The third-order valence-corrected chi connectivity index (χ3v) is 4.43. The van der Waals surface area contributed by atoms with E-state index in [0.717, 1.165) is 6.07 Å². The second-order valence-electron chi connectivity index (χ2n) is 5.61. The van der Waals surface area contributed by atoms with E-state index in [9.17, 15) is 22.8 Å². The Kier molecular flexibility index (Phi) is 5.27. The molecule has 1 fully saturated rings. The highest BCUT2D eigenvalue weighted by Gasteiger charge is 2.34. The maximum atomic E-state index is 12.9. The van der Waals surface area contributed by atoms with E-state index < -0.39 is 29.5 Å². The van der Waals surface area contributed by atoms with Crippen LogP contribution in [-0.4, -0.2) is 35.0 Å². The number of likely N-dealkylation sites (tertiary alicyclic amines) is 1. The minimum atomic E-state index is -4.57. The number of piperidine rings is 1. The fourth-order valence-corrected chi connectivity index (χ4v) is 2.86. The van der Waals surface area contributed by atoms with Crippen molar-refractivity contribution in [3.05, 3.63) is 35.9 Å². The van der Waals surface area contributed by atoms with E-state index in [1.54, 1.807) is 0 Å². The number of carbonyl (C=O) groups is 2. The minimum absolute atomic E-state index is 0.0531. The highest BCUT2D eigenvalue weighted by Crippen LogP contribution is 2.35. The van der Waals surface area contributed by atoms with Gasteiger partial charge in [-0.3, -0.25) is 9.59 Å². The van der Waals surface area contributed by atoms with Crippen molar-refractivity contribution in [1.82, 2.24) is 4.90 Å². The number of halogens is 3. The van der Waals surface area contributed by atoms with Crippen LogP contribution in [0.3, 0.4) is 0 Å². The molecule has 0 bridgehead atoms. The van der Waals surface area contributed by atoms with Crippen LogP contribution >= 0.6 is 12.6 Å². The van der Waals surface area contributed by atoms with Gasteiger partial charge < -0.3 is 10.0 Å². The van der Waals surface area contributed by atoms with Crippen molar-refractivity contribution in [2.45, 2.75) is 23.9 Å². The van der Waals surface area contributed by atoms with E-state index in [1.807, 2.05) is 0 Å². The first kappa shape index (κ1) is 18.4. The smallest absolute Gasteiger partial charge is 0.417 e. The standard InChI is InChI=1S/C16H16F3NO3S/c1-9(11-2-3-13(24)12(8-11)16(17,18)19)14(21)20-6-4-10(5-7-20)15(22)23/h2-3,8,10,24H,1,4-7H2,(H,22,23). The molecule has 1 aliphatic heterocycles. The Hall–Kier alpha value is -1.96. The zero-order chi connectivity index (χ0) is 18.1. The molecule has 0 saturated carbocycles. The van der Waals surface area contributed by atoms with Gasteiger partial charge in [-0.25, -0.2) is 0 Å². The molecule has 1 amide bonds. The molecule has 24 heavy (non-hydrogen) atoms. The van der Waals surface area contributed by atoms with Crippen molar-refractivity contribution in [2.75, 3.05) is 13.1 Å². The monoisotopic (exact) mass is 359 g/mol. The van der Waals surface area contributed by atoms with E-state index in [1.165, 1.54) is 17.0 Å². The number of carboxylic acids is 1. The van der Waals surface area contributed by atoms with Crippen molar-refractivity contribution >= 4 is 30.1 Å². The van der Waals surface area contributed by atoms with Gasteiger partial charge in [-0.05, 0) is 30.5 Å². The Labute approximate surface area is 142 Å². The summed E-state index contributed by atoms with van der Waals surface area (Å²) in [6, 6.07) is 3.39. The molecule has 1 N–H and O–H groups in total. The molecule has 1 aliphatic rings. The van der Waals surface area contributed by atoms with Gasteiger partial charge in [-0.2, -0.15) is 13.2 Å². The van der Waals surface area contributed by atoms with Gasteiger partial charge in [0, 0.05) is 23.6 Å². The highest BCUT2D eigenvalue weighted by atomic mass is 32.1. The molecule has 2 rings (SSSR count). The van der Waals surface area contributed by atoms with Gasteiger partial charge in [-0.1, -0.05) is 12.6 Å². The molecule has 1 heterocycles. The number of carbonyl (C=O) groups excluding carboxylic acids is 1. The first-order valence-electron chi connectivity index (χ1n) is 7.23. The summed E-state index contributed by atoms with van der Waals surface area (Å²) in [5, 5.41) is 8.95. The zero-order valence-corrected chi connectivity index (χ0v) is 13.5. The van der Waals surface area contributed by atoms with Gasteiger partial charge >= 0.3 is 12.1 Å². The number of thiol groups is 1. The lowest BCUT2D eigenvalue weighted by Crippen LogP contribution is -2.40. The van der Waals surface area contributed by atoms with Gasteiger partial charge in [0.15, 0.2) is 0 Å². The molecule has 0 spiro atoms. The second-order valence-corrected chi connectivity index (χ2v) is 6.09. The topological polar surface area (TPSA) is 57.6 Å². The van der Waals surface area contributed by atoms with Gasteiger partial charge in [-0.15, -0.1) is 12.6 Å². The minimum Gasteiger partial charge on any atom is -0.481 e. The Morgan fingerprint density at radius 1 is 1.25 bits per heavy atom. The average molecular weight is 359 g/mol. The largest absolute Gasteiger partial charge is 0.481 e. The van der Waals surface area contributed by atoms with Crippen molar-refractivity contribution in [3.63, 3.8) is 0 Å². The molecule has 130 valence electrons. The first-order valence-corrected chi connectivity index (χ1v) is 7.67. The Morgan fingerprint density at radius 3 is 2.33 bits per heavy atom. The third kappa shape index (κ3) is 3.92. The molecule has 1 aromatic carbocycles. The Balaban J connectivity index is 2.15. The van der Waals surface area contributed by atoms with Crippen LogP contribution in [0.25, 0.3) is 5.57 Å². The van der Waals surface area contributed by atoms with E-state index in [4.69, 9.17) is 5.11 Å². The fraction of sp³-hybridized carbons (Fsp3) is 0.375. The molecule has 0 atom stereocenters. The van der Waals surface area contributed by atoms with Gasteiger partial charge in [0.1, 0.15) is 0 Å². The molecule has 0 unspecified atom stereocenters. The molecule has 1 saturated heterocycles. The van der Waals surface area contributed by atoms with E-state index in [2.05, 4.69) is 19.2 Å². The quantitative estimate of drug-likeness (QED) is 0.643. The van der Waals surface area contributed by atoms with Gasteiger partial charge in [0.05, 0.1) is 11.5 Å². The highest BCUT2D eigenvalue weighted by molar-refractivity contribution is 7.80. The molecule has 0 aliphatic carbocycles. The number of benzene rings is 1. The van der Waals surface area contributed by atoms with Crippen LogP contribution in [-0.2, 0) is 15.8 Å². The summed E-state index contributed by atoms with van der Waals surface area (Å²) in [5.41, 5.74) is -0.907. The lowest BCUT2D eigenvalue weighted by atomic mass is 9.95. The van der Waals surface area contributed by atoms with Gasteiger partial charge in [0.2, 0.25) is 0 Å². The first-order chi connectivity index (χ1) is 11.1. The summed E-state index contributed by atoms with van der Waals surface area (Å²) in [5.74, 6) is -1.89. The number of alkyl halides is 3. The lowest BCUT2D eigenvalue weighted by molar-refractivity contribution is -0.144. The summed E-state index contributed by atoms with van der Waals surface area (Å²) < 4.78 is 38.8. The SMILES string of the molecule is C=C(C(=O)N1CCC(C(=O)O)CC1)c1ccc(S)c(C(F)(F)F)c1. The average Bonchev–Trinajstić information content (AvgIpc) is 2.53. The van der Waals surface area contributed by atoms with Gasteiger partial charge in [0.25, 0.3) is 5.91 Å². The van der Waals surface area contributed by atoms with E-state index in [-0.39, 0.29) is 29.1 Å². The molecule has 0 radical (unpaired) electrons. The summed E-state index contributed by atoms with van der Waals surface area (Å²) in [6.45, 7) is 4.09. The predicted octanol–water partition coefficient (Wildman–Crippen LogP) is 3.33. The van der Waals surface area contributed by atoms with Crippen molar-refractivity contribution in [2.24, 2.45) is 5.92 Å². The lowest BCUT2D eigenvalue weighted by Gasteiger charge is -2.30. The van der Waals surface area contributed by atoms with Crippen LogP contribution in [0.15, 0.2) is 29.7 Å². The number of carboxylic acid groups (broad SMARTS) is 1.